The van der Waals surface area contributed by atoms with Crippen molar-refractivity contribution in [1.82, 2.24) is 10.2 Å². The molecule has 2 heterocycles. The number of nitrogens with one attached hydrogen (secondary N) is 1. The van der Waals surface area contributed by atoms with Crippen LogP contribution >= 0.6 is 44.2 Å². The molecule has 0 spiro atoms. The molecule has 1 unspecified atom stereocenters. The first-order chi connectivity index (χ1) is 12.9. The molecule has 6 nitrogen and oxygen atoms in total. The minimum absolute atomic E-state index is 0.00471. The van der Waals surface area contributed by atoms with E-state index in [9.17, 15) is 9.59 Å². The van der Waals surface area contributed by atoms with Gasteiger partial charge in [0.25, 0.3) is 0 Å². The van der Waals surface area contributed by atoms with Gasteiger partial charge in [0, 0.05) is 25.8 Å². The molecule has 27 heavy (non-hydrogen) atoms. The number of carbonyl (C=O) groups is 2. The maximum absolute atomic E-state index is 12.6. The van der Waals surface area contributed by atoms with E-state index in [0.29, 0.717) is 31.7 Å². The van der Waals surface area contributed by atoms with E-state index in [2.05, 4.69) is 39.7 Å². The largest absolute Gasteiger partial charge is 0.363 e. The van der Waals surface area contributed by atoms with Gasteiger partial charge in [0.15, 0.2) is 0 Å². The van der Waals surface area contributed by atoms with E-state index in [0.717, 1.165) is 6.42 Å². The molecule has 152 valence electrons. The van der Waals surface area contributed by atoms with Gasteiger partial charge in [0.05, 0.1) is 18.1 Å². The van der Waals surface area contributed by atoms with Crippen molar-refractivity contribution in [3.05, 3.63) is 0 Å². The first-order valence-electron chi connectivity index (χ1n) is 9.01. The van der Waals surface area contributed by atoms with Gasteiger partial charge in [-0.05, 0) is 42.2 Å². The van der Waals surface area contributed by atoms with E-state index in [1.165, 1.54) is 0 Å². The van der Waals surface area contributed by atoms with Gasteiger partial charge in [-0.2, -0.15) is 0 Å². The normalized spacial score (nSPS) is 31.7. The van der Waals surface area contributed by atoms with Crippen LogP contribution in [0.25, 0.3) is 0 Å². The van der Waals surface area contributed by atoms with Crippen molar-refractivity contribution in [2.75, 3.05) is 25.3 Å². The third kappa shape index (κ3) is 6.42. The van der Waals surface area contributed by atoms with Crippen molar-refractivity contribution < 1.29 is 19.1 Å². The van der Waals surface area contributed by atoms with Crippen molar-refractivity contribution in [3.8, 4) is 11.8 Å². The average Bonchev–Trinajstić information content (AvgIpc) is 3.00. The van der Waals surface area contributed by atoms with Gasteiger partial charge in [-0.15, -0.1) is 11.8 Å². The predicted octanol–water partition coefficient (Wildman–Crippen LogP) is 3.01. The molecule has 2 aliphatic rings. The molecule has 0 aliphatic carbocycles. The van der Waals surface area contributed by atoms with Gasteiger partial charge in [0.2, 0.25) is 11.8 Å². The lowest BCUT2D eigenvalue weighted by atomic mass is 9.81. The Bertz CT molecular complexity index is 598. The molecule has 4 atom stereocenters. The number of rotatable bonds is 6. The molecular weight excluding hydrogens is 499 g/mol. The van der Waals surface area contributed by atoms with Crippen molar-refractivity contribution in [1.29, 1.82) is 0 Å². The zero-order chi connectivity index (χ0) is 19.9. The molecule has 2 amide bonds. The maximum Gasteiger partial charge on any atom is 0.244 e. The second-order valence-electron chi connectivity index (χ2n) is 6.75. The molecule has 2 rings (SSSR count). The third-order valence-corrected chi connectivity index (χ3v) is 7.32. The number of carbonyl (C=O) groups excluding carboxylic acids is 2. The van der Waals surface area contributed by atoms with Gasteiger partial charge in [0.1, 0.15) is 16.3 Å². The highest BCUT2D eigenvalue weighted by molar-refractivity contribution is 14.1. The highest BCUT2D eigenvalue weighted by Crippen LogP contribution is 2.34. The van der Waals surface area contributed by atoms with Gasteiger partial charge >= 0.3 is 0 Å². The lowest BCUT2D eigenvalue weighted by molar-refractivity contribution is -0.148. The van der Waals surface area contributed by atoms with Crippen LogP contribution < -0.4 is 5.32 Å². The molecular formula is C18H27IN2O4S2. The van der Waals surface area contributed by atoms with Crippen LogP contribution in [-0.2, 0) is 19.1 Å². The van der Waals surface area contributed by atoms with Gasteiger partial charge in [-0.1, -0.05) is 28.5 Å². The summed E-state index contributed by atoms with van der Waals surface area (Å²) in [7, 11) is 3.31. The fourth-order valence-electron chi connectivity index (χ4n) is 3.04. The van der Waals surface area contributed by atoms with E-state index in [1.807, 2.05) is 20.1 Å². The summed E-state index contributed by atoms with van der Waals surface area (Å²) >= 11 is 2.22. The number of hydrogen-bond donors (Lipinski definition) is 1. The number of alkyl halides is 1. The quantitative estimate of drug-likeness (QED) is 0.143. The molecule has 0 aromatic heterocycles. The summed E-state index contributed by atoms with van der Waals surface area (Å²) < 4.78 is 11.8. The fraction of sp³-hybridized carbons (Fsp3) is 0.778. The predicted molar refractivity (Wildman–Crippen MR) is 118 cm³/mol. The molecule has 9 heteroatoms. The number of hydrogen-bond acceptors (Lipinski definition) is 6. The molecule has 2 aliphatic heterocycles. The van der Waals surface area contributed by atoms with Crippen LogP contribution in [0, 0.1) is 17.3 Å². The van der Waals surface area contributed by atoms with E-state index < -0.39 is 5.41 Å². The molecule has 0 aromatic carbocycles. The van der Waals surface area contributed by atoms with Crippen LogP contribution in [0.2, 0.25) is 0 Å². The Morgan fingerprint density at radius 2 is 2.22 bits per heavy atom. The molecule has 0 radical (unpaired) electrons. The van der Waals surface area contributed by atoms with E-state index in [4.69, 9.17) is 9.47 Å². The summed E-state index contributed by atoms with van der Waals surface area (Å²) in [6, 6.07) is 0. The van der Waals surface area contributed by atoms with Gasteiger partial charge < -0.3 is 19.7 Å². The van der Waals surface area contributed by atoms with Crippen molar-refractivity contribution in [2.24, 2.45) is 5.41 Å². The first-order valence-corrected chi connectivity index (χ1v) is 13.0. The topological polar surface area (TPSA) is 67.9 Å². The summed E-state index contributed by atoms with van der Waals surface area (Å²) in [5, 5.41) is 2.78. The standard InChI is InChI=1S/C18H27IN2O4S2/c1-4-5-6-7-18(2)8-9-21(14(22)11-20-17(18)23)15-10-13(16(19)25-15)24-12-27-26-3/h13,15-16H,4,7-12H2,1-3H3,(H,20,23)/t13?,15-,16+,18+/m1/s1. The molecule has 2 fully saturated rings. The van der Waals surface area contributed by atoms with Crippen LogP contribution in [-0.4, -0.2) is 58.4 Å². The van der Waals surface area contributed by atoms with E-state index in [-0.39, 0.29) is 34.8 Å². The Labute approximate surface area is 183 Å². The number of nitrogens with zero attached hydrogens (tertiary/aromatic N) is 1. The SMILES string of the molecule is CCC#CC[C@@]1(C)CCN([C@H]2CC(OCSSC)[C@@H](I)O2)C(=O)CNC1=O. The van der Waals surface area contributed by atoms with Crippen molar-refractivity contribution in [3.63, 3.8) is 0 Å². The second-order valence-corrected chi connectivity index (χ2v) is 10.5. The zero-order valence-electron chi connectivity index (χ0n) is 16.0. The van der Waals surface area contributed by atoms with Crippen molar-refractivity contribution in [2.45, 2.75) is 56.0 Å². The fourth-order valence-corrected chi connectivity index (χ4v) is 4.66. The minimum atomic E-state index is -0.603. The number of amides is 2. The highest BCUT2D eigenvalue weighted by Gasteiger charge is 2.42. The average molecular weight is 526 g/mol. The summed E-state index contributed by atoms with van der Waals surface area (Å²) in [4.78, 5) is 26.8. The Hall–Kier alpha value is -0.150. The van der Waals surface area contributed by atoms with Gasteiger partial charge in [-0.25, -0.2) is 0 Å². The Morgan fingerprint density at radius 3 is 2.93 bits per heavy atom. The molecule has 0 saturated carbocycles. The Balaban J connectivity index is 2.02. The van der Waals surface area contributed by atoms with E-state index in [1.54, 1.807) is 26.5 Å². The number of halogens is 1. The van der Waals surface area contributed by atoms with Crippen LogP contribution in [0.1, 0.15) is 39.5 Å². The Morgan fingerprint density at radius 1 is 1.44 bits per heavy atom. The van der Waals surface area contributed by atoms with Crippen LogP contribution in [0.5, 0.6) is 0 Å². The van der Waals surface area contributed by atoms with E-state index >= 15 is 0 Å². The van der Waals surface area contributed by atoms with Crippen LogP contribution in [0.4, 0.5) is 0 Å². The first kappa shape index (κ1) is 23.1. The maximum atomic E-state index is 12.6. The monoisotopic (exact) mass is 526 g/mol. The van der Waals surface area contributed by atoms with Gasteiger partial charge in [-0.3, -0.25) is 9.59 Å². The Kier molecular flexibility index (Phi) is 9.55. The summed E-state index contributed by atoms with van der Waals surface area (Å²) in [5.74, 6) is 6.51. The summed E-state index contributed by atoms with van der Waals surface area (Å²) in [6.07, 6.45) is 4.13. The molecule has 0 bridgehead atoms. The molecule has 0 aromatic rings. The summed E-state index contributed by atoms with van der Waals surface area (Å²) in [6.45, 7) is 4.39. The van der Waals surface area contributed by atoms with Crippen LogP contribution in [0.3, 0.4) is 0 Å². The minimum Gasteiger partial charge on any atom is -0.363 e. The zero-order valence-corrected chi connectivity index (χ0v) is 19.7. The smallest absolute Gasteiger partial charge is 0.244 e. The molecule has 2 saturated heterocycles. The van der Waals surface area contributed by atoms with Crippen LogP contribution in [0.15, 0.2) is 0 Å². The molecule has 1 N–H and O–H groups in total. The second kappa shape index (κ2) is 11.1. The lowest BCUT2D eigenvalue weighted by Gasteiger charge is -2.36. The van der Waals surface area contributed by atoms with Crippen molar-refractivity contribution >= 4 is 56.0 Å². The summed E-state index contributed by atoms with van der Waals surface area (Å²) in [5.41, 5.74) is -0.603. The lowest BCUT2D eigenvalue weighted by Crippen LogP contribution is -2.53. The number of ether oxygens (including phenoxy) is 2. The highest BCUT2D eigenvalue weighted by atomic mass is 127. The third-order valence-electron chi connectivity index (χ3n) is 4.76.